The summed E-state index contributed by atoms with van der Waals surface area (Å²) in [7, 11) is 0. The zero-order chi connectivity index (χ0) is 38.0. The minimum absolute atomic E-state index is 0.0669. The zero-order valence-electron chi connectivity index (χ0n) is 30.2. The van der Waals surface area contributed by atoms with Crippen LogP contribution >= 0.6 is 0 Å². The summed E-state index contributed by atoms with van der Waals surface area (Å²) in [5.41, 5.74) is 0.808. The number of carbonyl (C=O) groups excluding carboxylic acids is 6. The topological polar surface area (TPSA) is 235 Å². The van der Waals surface area contributed by atoms with Crippen LogP contribution in [0.15, 0.2) is 24.3 Å². The van der Waals surface area contributed by atoms with Crippen molar-refractivity contribution in [3.8, 4) is 0 Å². The standard InChI is InChI=1S/C35H53N7O9/c1-18(2)13-24-31(47)40-25(15-27(44)45)32(48)41-28(21(6)43)34(50)38-20(5)29(35(51)36-16-19(3)4)42-12-8-11-26(42)33(49)37-17-22-9-7-10-23(14-22)30(46)39-24/h7,9-10,14,18-21,24-26,28-29,43H,8,11-13,15-17H2,1-6H3,(H,36,51)(H,37,49)(H,38,50)(H,39,46)(H,40,47)(H,41,48)(H,44,45)/t20-,21+,24-,25-,26-,28-,29-/m0/s1. The molecule has 0 spiro atoms. The van der Waals surface area contributed by atoms with Crippen molar-refractivity contribution < 1.29 is 43.8 Å². The van der Waals surface area contributed by atoms with Gasteiger partial charge in [-0.15, -0.1) is 0 Å². The summed E-state index contributed by atoms with van der Waals surface area (Å²) in [6.45, 7) is 11.1. The lowest BCUT2D eigenvalue weighted by Gasteiger charge is -2.36. The fraction of sp³-hybridized carbons (Fsp3) is 0.629. The Kier molecular flexibility index (Phi) is 14.9. The second-order valence-corrected chi connectivity index (χ2v) is 14.2. The van der Waals surface area contributed by atoms with E-state index in [9.17, 15) is 43.8 Å². The van der Waals surface area contributed by atoms with E-state index in [1.54, 1.807) is 36.1 Å². The Hall–Kier alpha value is -4.57. The third-order valence-corrected chi connectivity index (χ3v) is 8.81. The molecule has 0 aliphatic carbocycles. The van der Waals surface area contributed by atoms with Crippen LogP contribution in [0.5, 0.6) is 0 Å². The summed E-state index contributed by atoms with van der Waals surface area (Å²) >= 11 is 0. The molecule has 16 nitrogen and oxygen atoms in total. The highest BCUT2D eigenvalue weighted by molar-refractivity contribution is 5.99. The molecule has 282 valence electrons. The van der Waals surface area contributed by atoms with Crippen LogP contribution in [0.4, 0.5) is 0 Å². The van der Waals surface area contributed by atoms with E-state index in [0.717, 1.165) is 0 Å². The molecule has 1 aromatic rings. The number of nitrogens with zero attached hydrogens (tertiary/aromatic N) is 1. The quantitative estimate of drug-likeness (QED) is 0.170. The molecule has 0 aromatic heterocycles. The molecule has 6 amide bonds. The maximum Gasteiger partial charge on any atom is 0.305 e. The highest BCUT2D eigenvalue weighted by Crippen LogP contribution is 2.23. The molecule has 7 atom stereocenters. The third-order valence-electron chi connectivity index (χ3n) is 8.81. The van der Waals surface area contributed by atoms with E-state index >= 15 is 0 Å². The zero-order valence-corrected chi connectivity index (χ0v) is 30.2. The molecule has 51 heavy (non-hydrogen) atoms. The van der Waals surface area contributed by atoms with Gasteiger partial charge in [-0.3, -0.25) is 38.5 Å². The minimum atomic E-state index is -1.68. The Morgan fingerprint density at radius 3 is 2.22 bits per heavy atom. The number of fused-ring (bicyclic) bond motifs is 3. The van der Waals surface area contributed by atoms with Gasteiger partial charge in [0.15, 0.2) is 0 Å². The van der Waals surface area contributed by atoms with E-state index in [1.807, 2.05) is 27.7 Å². The number of carboxylic acid groups (broad SMARTS) is 1. The van der Waals surface area contributed by atoms with E-state index < -0.39 is 84.3 Å². The van der Waals surface area contributed by atoms with E-state index in [-0.39, 0.29) is 36.3 Å². The monoisotopic (exact) mass is 715 g/mol. The Morgan fingerprint density at radius 1 is 0.902 bits per heavy atom. The molecule has 3 rings (SSSR count). The number of nitrogens with one attached hydrogen (secondary N) is 6. The molecular formula is C35H53N7O9. The molecule has 2 aliphatic rings. The van der Waals surface area contributed by atoms with Gasteiger partial charge in [0.25, 0.3) is 5.91 Å². The Bertz CT molecular complexity index is 1450. The predicted octanol–water partition coefficient (Wildman–Crippen LogP) is -0.604. The van der Waals surface area contributed by atoms with Crippen molar-refractivity contribution in [2.75, 3.05) is 13.1 Å². The molecule has 0 saturated carbocycles. The molecule has 2 bridgehead atoms. The van der Waals surface area contributed by atoms with Crippen molar-refractivity contribution in [1.29, 1.82) is 0 Å². The van der Waals surface area contributed by atoms with Crippen molar-refractivity contribution in [2.45, 2.75) is 116 Å². The first-order chi connectivity index (χ1) is 24.0. The van der Waals surface area contributed by atoms with Crippen molar-refractivity contribution in [2.24, 2.45) is 11.8 Å². The molecule has 0 unspecified atom stereocenters. The lowest BCUT2D eigenvalue weighted by Crippen LogP contribution is -2.64. The van der Waals surface area contributed by atoms with Crippen LogP contribution in [0.2, 0.25) is 0 Å². The van der Waals surface area contributed by atoms with Gasteiger partial charge in [-0.05, 0) is 69.2 Å². The normalized spacial score (nSPS) is 26.5. The Balaban J connectivity index is 2.07. The van der Waals surface area contributed by atoms with Gasteiger partial charge < -0.3 is 42.1 Å². The van der Waals surface area contributed by atoms with Gasteiger partial charge in [0.05, 0.1) is 24.6 Å². The van der Waals surface area contributed by atoms with E-state index in [4.69, 9.17) is 0 Å². The molecule has 8 N–H and O–H groups in total. The minimum Gasteiger partial charge on any atom is -0.481 e. The van der Waals surface area contributed by atoms with E-state index in [2.05, 4.69) is 31.9 Å². The SMILES string of the molecule is CC(C)CNC(=O)[C@@H]1[C@H](C)NC(=O)[C@H]([C@@H](C)O)NC(=O)[C@H](CC(=O)O)NC(=O)[C@H](CC(C)C)NC(=O)c2cccc(c2)CNC(=O)[C@@H]2CCCN12. The molecule has 1 saturated heterocycles. The van der Waals surface area contributed by atoms with Gasteiger partial charge in [-0.2, -0.15) is 0 Å². The van der Waals surface area contributed by atoms with Crippen LogP contribution in [0, 0.1) is 11.8 Å². The van der Waals surface area contributed by atoms with Crippen LogP contribution in [0.1, 0.15) is 83.1 Å². The molecule has 1 aromatic carbocycles. The van der Waals surface area contributed by atoms with Gasteiger partial charge in [0.1, 0.15) is 24.2 Å². The summed E-state index contributed by atoms with van der Waals surface area (Å²) in [6.07, 6.45) is -1.15. The summed E-state index contributed by atoms with van der Waals surface area (Å²) in [5.74, 6) is -5.54. The van der Waals surface area contributed by atoms with Gasteiger partial charge in [-0.1, -0.05) is 39.8 Å². The third kappa shape index (κ3) is 11.7. The van der Waals surface area contributed by atoms with Crippen LogP contribution in [-0.2, 0) is 35.3 Å². The lowest BCUT2D eigenvalue weighted by atomic mass is 10.0. The number of hydrogen-bond acceptors (Lipinski definition) is 9. The number of carboxylic acids is 1. The fourth-order valence-electron chi connectivity index (χ4n) is 6.26. The fourth-order valence-corrected chi connectivity index (χ4v) is 6.26. The average Bonchev–Trinajstić information content (AvgIpc) is 3.52. The summed E-state index contributed by atoms with van der Waals surface area (Å²) in [6, 6.07) is -0.645. The highest BCUT2D eigenvalue weighted by Gasteiger charge is 2.42. The van der Waals surface area contributed by atoms with Crippen LogP contribution in [-0.4, -0.2) is 112 Å². The number of carbonyl (C=O) groups is 7. The number of aliphatic hydroxyl groups excluding tert-OH is 1. The average molecular weight is 716 g/mol. The number of rotatable bonds is 8. The second kappa shape index (κ2) is 18.6. The Labute approximate surface area is 298 Å². The molecular weight excluding hydrogens is 662 g/mol. The van der Waals surface area contributed by atoms with Crippen LogP contribution in [0.3, 0.4) is 0 Å². The number of aliphatic hydroxyl groups is 1. The maximum atomic E-state index is 13.7. The second-order valence-electron chi connectivity index (χ2n) is 14.2. The first-order valence-electron chi connectivity index (χ1n) is 17.5. The smallest absolute Gasteiger partial charge is 0.305 e. The van der Waals surface area contributed by atoms with E-state index in [1.165, 1.54) is 6.92 Å². The summed E-state index contributed by atoms with van der Waals surface area (Å²) < 4.78 is 0. The highest BCUT2D eigenvalue weighted by atomic mass is 16.4. The number of amides is 6. The van der Waals surface area contributed by atoms with E-state index in [0.29, 0.717) is 31.5 Å². The molecule has 0 radical (unpaired) electrons. The first kappa shape index (κ1) is 40.9. The molecule has 16 heteroatoms. The van der Waals surface area contributed by atoms with Crippen molar-refractivity contribution in [1.82, 2.24) is 36.8 Å². The van der Waals surface area contributed by atoms with Crippen molar-refractivity contribution >= 4 is 41.4 Å². The van der Waals surface area contributed by atoms with Gasteiger partial charge in [0.2, 0.25) is 29.5 Å². The number of aliphatic carboxylic acids is 1. The summed E-state index contributed by atoms with van der Waals surface area (Å²) in [4.78, 5) is 94.8. The van der Waals surface area contributed by atoms with Crippen molar-refractivity contribution in [3.63, 3.8) is 0 Å². The van der Waals surface area contributed by atoms with Gasteiger partial charge in [0, 0.05) is 18.7 Å². The Morgan fingerprint density at radius 2 is 1.59 bits per heavy atom. The van der Waals surface area contributed by atoms with Crippen LogP contribution < -0.4 is 31.9 Å². The molecule has 1 fully saturated rings. The van der Waals surface area contributed by atoms with Gasteiger partial charge >= 0.3 is 5.97 Å². The van der Waals surface area contributed by atoms with Gasteiger partial charge in [-0.25, -0.2) is 0 Å². The summed E-state index contributed by atoms with van der Waals surface area (Å²) in [5, 5.41) is 36.1. The lowest BCUT2D eigenvalue weighted by molar-refractivity contribution is -0.141. The van der Waals surface area contributed by atoms with Crippen molar-refractivity contribution in [3.05, 3.63) is 35.4 Å². The first-order valence-corrected chi connectivity index (χ1v) is 17.5. The van der Waals surface area contributed by atoms with Crippen LogP contribution in [0.25, 0.3) is 0 Å². The molecule has 2 aliphatic heterocycles. The predicted molar refractivity (Wildman–Crippen MR) is 186 cm³/mol. The maximum absolute atomic E-state index is 13.7. The number of benzene rings is 1. The molecule has 2 heterocycles. The number of hydrogen-bond donors (Lipinski definition) is 8. The largest absolute Gasteiger partial charge is 0.481 e.